The van der Waals surface area contributed by atoms with Gasteiger partial charge < -0.3 is 20.2 Å². The smallest absolute Gasteiger partial charge is 0.0558 e. The van der Waals surface area contributed by atoms with E-state index in [2.05, 4.69) is 29.1 Å². The maximum Gasteiger partial charge on any atom is 0.0558 e. The molecule has 1 unspecified atom stereocenters. The Balaban J connectivity index is 2.06. The van der Waals surface area contributed by atoms with E-state index in [0.717, 1.165) is 19.6 Å². The van der Waals surface area contributed by atoms with Gasteiger partial charge in [-0.05, 0) is 39.9 Å². The highest BCUT2D eigenvalue weighted by Gasteiger charge is 2.12. The van der Waals surface area contributed by atoms with Crippen LogP contribution >= 0.6 is 0 Å². The first-order valence-electron chi connectivity index (χ1n) is 7.47. The molecule has 0 saturated carbocycles. The number of likely N-dealkylation sites (N-methyl/N-ethyl adjacent to an activating group) is 1. The number of aliphatic hydroxyl groups is 1. The van der Waals surface area contributed by atoms with E-state index in [1.54, 1.807) is 0 Å². The van der Waals surface area contributed by atoms with Crippen molar-refractivity contribution in [3.05, 3.63) is 0 Å². The summed E-state index contributed by atoms with van der Waals surface area (Å²) >= 11 is 0. The van der Waals surface area contributed by atoms with E-state index in [-0.39, 0.29) is 6.61 Å². The second kappa shape index (κ2) is 9.73. The molecule has 4 heteroatoms. The monoisotopic (exact) mass is 257 g/mol. The predicted molar refractivity (Wildman–Crippen MR) is 77.0 cm³/mol. The Morgan fingerprint density at radius 1 is 1.17 bits per heavy atom. The first kappa shape index (κ1) is 15.9. The van der Waals surface area contributed by atoms with Crippen LogP contribution in [0, 0.1) is 0 Å². The molecule has 0 radical (unpaired) electrons. The lowest BCUT2D eigenvalue weighted by Crippen LogP contribution is -2.42. The zero-order valence-corrected chi connectivity index (χ0v) is 12.2. The summed E-state index contributed by atoms with van der Waals surface area (Å²) in [5.41, 5.74) is 0. The molecule has 0 amide bonds. The highest BCUT2D eigenvalue weighted by molar-refractivity contribution is 4.70. The van der Waals surface area contributed by atoms with Crippen molar-refractivity contribution in [1.29, 1.82) is 0 Å². The van der Waals surface area contributed by atoms with E-state index in [0.29, 0.717) is 6.04 Å². The molecule has 2 N–H and O–H groups in total. The molecule has 1 aliphatic rings. The summed E-state index contributed by atoms with van der Waals surface area (Å²) in [5.74, 6) is 0. The van der Waals surface area contributed by atoms with Crippen LogP contribution in [0.25, 0.3) is 0 Å². The van der Waals surface area contributed by atoms with Gasteiger partial charge in [-0.25, -0.2) is 0 Å². The Hall–Kier alpha value is -0.160. The van der Waals surface area contributed by atoms with Gasteiger partial charge in [0.05, 0.1) is 6.61 Å². The normalized spacial score (nSPS) is 20.0. The van der Waals surface area contributed by atoms with Gasteiger partial charge in [-0.1, -0.05) is 12.8 Å². The van der Waals surface area contributed by atoms with Crippen LogP contribution in [-0.2, 0) is 0 Å². The summed E-state index contributed by atoms with van der Waals surface area (Å²) in [6.45, 7) is 9.02. The van der Waals surface area contributed by atoms with Crippen LogP contribution in [0.2, 0.25) is 0 Å². The fourth-order valence-electron chi connectivity index (χ4n) is 2.55. The molecule has 1 aliphatic heterocycles. The van der Waals surface area contributed by atoms with Crippen molar-refractivity contribution in [1.82, 2.24) is 15.1 Å². The Morgan fingerprint density at radius 2 is 1.83 bits per heavy atom. The number of nitrogens with zero attached hydrogens (tertiary/aromatic N) is 2. The molecule has 4 nitrogen and oxygen atoms in total. The lowest BCUT2D eigenvalue weighted by molar-refractivity contribution is 0.215. The van der Waals surface area contributed by atoms with Gasteiger partial charge in [0.2, 0.25) is 0 Å². The first-order chi connectivity index (χ1) is 8.72. The minimum atomic E-state index is 0.250. The molecule has 1 saturated heterocycles. The third kappa shape index (κ3) is 7.31. The summed E-state index contributed by atoms with van der Waals surface area (Å²) in [6.07, 6.45) is 5.55. The third-order valence-corrected chi connectivity index (χ3v) is 3.70. The van der Waals surface area contributed by atoms with E-state index in [4.69, 9.17) is 5.11 Å². The molecule has 0 aromatic carbocycles. The van der Waals surface area contributed by atoms with Gasteiger partial charge in [-0.3, -0.25) is 0 Å². The summed E-state index contributed by atoms with van der Waals surface area (Å²) in [4.78, 5) is 4.76. The van der Waals surface area contributed by atoms with Gasteiger partial charge >= 0.3 is 0 Å². The molecule has 0 spiro atoms. The lowest BCUT2D eigenvalue weighted by atomic mass is 10.2. The molecule has 1 fully saturated rings. The SMILES string of the molecule is CC(CN1CCCCCC1)NCCN(C)CCO. The van der Waals surface area contributed by atoms with Crippen LogP contribution in [0.4, 0.5) is 0 Å². The summed E-state index contributed by atoms with van der Waals surface area (Å²) in [7, 11) is 2.05. The zero-order valence-electron chi connectivity index (χ0n) is 12.2. The number of aliphatic hydroxyl groups excluding tert-OH is 1. The number of hydrogen-bond acceptors (Lipinski definition) is 4. The van der Waals surface area contributed by atoms with Gasteiger partial charge in [0.1, 0.15) is 0 Å². The van der Waals surface area contributed by atoms with Gasteiger partial charge in [-0.15, -0.1) is 0 Å². The maximum absolute atomic E-state index is 8.82. The van der Waals surface area contributed by atoms with Crippen LogP contribution in [0.3, 0.4) is 0 Å². The quantitative estimate of drug-likeness (QED) is 0.673. The van der Waals surface area contributed by atoms with Crippen molar-refractivity contribution in [2.75, 3.05) is 52.9 Å². The largest absolute Gasteiger partial charge is 0.395 e. The summed E-state index contributed by atoms with van der Waals surface area (Å²) < 4.78 is 0. The van der Waals surface area contributed by atoms with Crippen molar-refractivity contribution in [2.24, 2.45) is 0 Å². The van der Waals surface area contributed by atoms with Crippen LogP contribution in [-0.4, -0.2) is 73.9 Å². The number of nitrogens with one attached hydrogen (secondary N) is 1. The van der Waals surface area contributed by atoms with E-state index >= 15 is 0 Å². The van der Waals surface area contributed by atoms with Gasteiger partial charge in [0.15, 0.2) is 0 Å². The van der Waals surface area contributed by atoms with Crippen molar-refractivity contribution in [2.45, 2.75) is 38.6 Å². The Bertz CT molecular complexity index is 193. The lowest BCUT2D eigenvalue weighted by Gasteiger charge is -2.25. The Morgan fingerprint density at radius 3 is 2.44 bits per heavy atom. The highest BCUT2D eigenvalue weighted by Crippen LogP contribution is 2.09. The fraction of sp³-hybridized carbons (Fsp3) is 1.00. The standard InChI is InChI=1S/C14H31N3O/c1-14(15-7-10-16(2)11-12-18)13-17-8-5-3-4-6-9-17/h14-15,18H,3-13H2,1-2H3. The minimum absolute atomic E-state index is 0.250. The molecular formula is C14H31N3O. The number of rotatable bonds is 8. The van der Waals surface area contributed by atoms with Gasteiger partial charge in [0.25, 0.3) is 0 Å². The predicted octanol–water partition coefficient (Wildman–Crippen LogP) is 0.765. The minimum Gasteiger partial charge on any atom is -0.395 e. The van der Waals surface area contributed by atoms with Crippen LogP contribution < -0.4 is 5.32 Å². The average molecular weight is 257 g/mol. The Labute approximate surface area is 112 Å². The van der Waals surface area contributed by atoms with Crippen molar-refractivity contribution in [3.8, 4) is 0 Å². The second-order valence-corrected chi connectivity index (χ2v) is 5.60. The van der Waals surface area contributed by atoms with Crippen molar-refractivity contribution in [3.63, 3.8) is 0 Å². The topological polar surface area (TPSA) is 38.7 Å². The van der Waals surface area contributed by atoms with E-state index in [9.17, 15) is 0 Å². The molecule has 0 aliphatic carbocycles. The fourth-order valence-corrected chi connectivity index (χ4v) is 2.55. The van der Waals surface area contributed by atoms with Crippen LogP contribution in [0.15, 0.2) is 0 Å². The molecule has 1 heterocycles. The van der Waals surface area contributed by atoms with Gasteiger partial charge in [0, 0.05) is 32.2 Å². The molecule has 1 rings (SSSR count). The molecule has 18 heavy (non-hydrogen) atoms. The zero-order chi connectivity index (χ0) is 13.2. The van der Waals surface area contributed by atoms with Crippen molar-refractivity contribution < 1.29 is 5.11 Å². The molecule has 0 bridgehead atoms. The molecule has 1 atom stereocenters. The first-order valence-corrected chi connectivity index (χ1v) is 7.47. The molecule has 0 aromatic rings. The molecule has 108 valence electrons. The Kier molecular flexibility index (Phi) is 8.59. The van der Waals surface area contributed by atoms with E-state index < -0.39 is 0 Å². The molecular weight excluding hydrogens is 226 g/mol. The number of likely N-dealkylation sites (tertiary alicyclic amines) is 1. The number of hydrogen-bond donors (Lipinski definition) is 2. The molecule has 0 aromatic heterocycles. The van der Waals surface area contributed by atoms with Gasteiger partial charge in [-0.2, -0.15) is 0 Å². The van der Waals surface area contributed by atoms with E-state index in [1.165, 1.54) is 45.3 Å². The maximum atomic E-state index is 8.82. The third-order valence-electron chi connectivity index (χ3n) is 3.70. The van der Waals surface area contributed by atoms with Crippen LogP contribution in [0.1, 0.15) is 32.6 Å². The average Bonchev–Trinajstić information content (AvgIpc) is 2.58. The summed E-state index contributed by atoms with van der Waals surface area (Å²) in [6, 6.07) is 0.561. The summed E-state index contributed by atoms with van der Waals surface area (Å²) in [5, 5.41) is 12.4. The van der Waals surface area contributed by atoms with Crippen molar-refractivity contribution >= 4 is 0 Å². The second-order valence-electron chi connectivity index (χ2n) is 5.60. The van der Waals surface area contributed by atoms with E-state index in [1.807, 2.05) is 0 Å². The highest BCUT2D eigenvalue weighted by atomic mass is 16.3. The van der Waals surface area contributed by atoms with Crippen LogP contribution in [0.5, 0.6) is 0 Å².